The fourth-order valence-electron chi connectivity index (χ4n) is 2.19. The standard InChI is InChI=1S/C16H9Cl2N3O3/c17-11-5-4-10(9-13(11)21(23)24)14(22)7-6-12-16(18)19-15-3-1-2-8-20(12)15/h1-9H/b7-6+. The lowest BCUT2D eigenvalue weighted by molar-refractivity contribution is -0.384. The second-order valence-electron chi connectivity index (χ2n) is 4.84. The number of pyridine rings is 1. The van der Waals surface area contributed by atoms with Crippen molar-refractivity contribution in [2.45, 2.75) is 0 Å². The first-order valence-corrected chi connectivity index (χ1v) is 7.52. The fraction of sp³-hybridized carbons (Fsp3) is 0. The molecule has 0 saturated carbocycles. The third-order valence-corrected chi connectivity index (χ3v) is 3.94. The van der Waals surface area contributed by atoms with E-state index in [2.05, 4.69) is 4.98 Å². The number of benzene rings is 1. The zero-order valence-electron chi connectivity index (χ0n) is 12.0. The van der Waals surface area contributed by atoms with Crippen LogP contribution in [0.4, 0.5) is 5.69 Å². The van der Waals surface area contributed by atoms with Gasteiger partial charge in [-0.25, -0.2) is 4.98 Å². The summed E-state index contributed by atoms with van der Waals surface area (Å²) in [5.41, 5.74) is 1.04. The van der Waals surface area contributed by atoms with Gasteiger partial charge in [0.15, 0.2) is 10.9 Å². The maximum atomic E-state index is 12.2. The molecule has 0 bridgehead atoms. The van der Waals surface area contributed by atoms with Gasteiger partial charge in [-0.2, -0.15) is 0 Å². The minimum atomic E-state index is -0.635. The van der Waals surface area contributed by atoms with Crippen LogP contribution in [0.5, 0.6) is 0 Å². The van der Waals surface area contributed by atoms with Crippen LogP contribution in [0, 0.1) is 10.1 Å². The van der Waals surface area contributed by atoms with Crippen molar-refractivity contribution in [3.8, 4) is 0 Å². The number of ketones is 1. The molecule has 0 saturated heterocycles. The highest BCUT2D eigenvalue weighted by molar-refractivity contribution is 6.33. The van der Waals surface area contributed by atoms with E-state index in [1.807, 2.05) is 12.1 Å². The molecular formula is C16H9Cl2N3O3. The summed E-state index contributed by atoms with van der Waals surface area (Å²) in [4.78, 5) is 26.7. The highest BCUT2D eigenvalue weighted by Crippen LogP contribution is 2.26. The van der Waals surface area contributed by atoms with Gasteiger partial charge in [0.05, 0.1) is 10.6 Å². The van der Waals surface area contributed by atoms with Crippen LogP contribution < -0.4 is 0 Å². The molecule has 0 spiro atoms. The van der Waals surface area contributed by atoms with Gasteiger partial charge in [0, 0.05) is 17.8 Å². The summed E-state index contributed by atoms with van der Waals surface area (Å²) in [5, 5.41) is 11.1. The number of hydrogen-bond donors (Lipinski definition) is 0. The number of hydrogen-bond acceptors (Lipinski definition) is 4. The summed E-state index contributed by atoms with van der Waals surface area (Å²) >= 11 is 11.8. The van der Waals surface area contributed by atoms with Crippen LogP contribution in [-0.4, -0.2) is 20.1 Å². The van der Waals surface area contributed by atoms with Gasteiger partial charge in [-0.3, -0.25) is 19.3 Å². The minimum Gasteiger partial charge on any atom is -0.299 e. The fourth-order valence-corrected chi connectivity index (χ4v) is 2.62. The van der Waals surface area contributed by atoms with E-state index in [1.54, 1.807) is 16.7 Å². The third kappa shape index (κ3) is 3.02. The van der Waals surface area contributed by atoms with Gasteiger partial charge in [-0.1, -0.05) is 29.3 Å². The summed E-state index contributed by atoms with van der Waals surface area (Å²) in [6.45, 7) is 0. The molecule has 24 heavy (non-hydrogen) atoms. The first-order chi connectivity index (χ1) is 11.5. The summed E-state index contributed by atoms with van der Waals surface area (Å²) < 4.78 is 1.73. The van der Waals surface area contributed by atoms with E-state index in [9.17, 15) is 14.9 Å². The Bertz CT molecular complexity index is 995. The number of fused-ring (bicyclic) bond motifs is 1. The molecule has 120 valence electrons. The number of allylic oxidation sites excluding steroid dienone is 1. The second kappa shape index (κ2) is 6.43. The zero-order chi connectivity index (χ0) is 17.3. The van der Waals surface area contributed by atoms with E-state index in [4.69, 9.17) is 23.2 Å². The van der Waals surface area contributed by atoms with Gasteiger partial charge in [0.2, 0.25) is 0 Å². The van der Waals surface area contributed by atoms with Gasteiger partial charge in [0.1, 0.15) is 10.7 Å². The summed E-state index contributed by atoms with van der Waals surface area (Å²) in [6.07, 6.45) is 4.58. The number of nitro groups is 1. The molecule has 0 fully saturated rings. The van der Waals surface area contributed by atoms with Crippen molar-refractivity contribution in [3.63, 3.8) is 0 Å². The molecule has 0 amide bonds. The molecule has 0 atom stereocenters. The first kappa shape index (κ1) is 16.2. The van der Waals surface area contributed by atoms with Crippen LogP contribution >= 0.6 is 23.2 Å². The van der Waals surface area contributed by atoms with Crippen molar-refractivity contribution >= 4 is 46.4 Å². The molecule has 0 N–H and O–H groups in total. The Labute approximate surface area is 146 Å². The predicted octanol–water partition coefficient (Wildman–Crippen LogP) is 4.45. The largest absolute Gasteiger partial charge is 0.299 e. The molecule has 3 rings (SSSR count). The van der Waals surface area contributed by atoms with Crippen molar-refractivity contribution in [3.05, 3.63) is 80.2 Å². The van der Waals surface area contributed by atoms with Crippen molar-refractivity contribution in [1.82, 2.24) is 9.38 Å². The molecule has 0 radical (unpaired) electrons. The molecule has 1 aromatic carbocycles. The molecule has 2 heterocycles. The summed E-state index contributed by atoms with van der Waals surface area (Å²) in [6, 6.07) is 9.32. The number of aromatic nitrogens is 2. The minimum absolute atomic E-state index is 0.0228. The van der Waals surface area contributed by atoms with Crippen LogP contribution in [0.3, 0.4) is 0 Å². The Hall–Kier alpha value is -2.70. The summed E-state index contributed by atoms with van der Waals surface area (Å²) in [5.74, 6) is -0.406. The summed E-state index contributed by atoms with van der Waals surface area (Å²) in [7, 11) is 0. The number of halogens is 2. The molecule has 0 aliphatic rings. The Morgan fingerprint density at radius 1 is 1.25 bits per heavy atom. The van der Waals surface area contributed by atoms with E-state index in [1.165, 1.54) is 24.3 Å². The van der Waals surface area contributed by atoms with Gasteiger partial charge in [0.25, 0.3) is 5.69 Å². The molecule has 0 aliphatic carbocycles. The Morgan fingerprint density at radius 2 is 2.04 bits per heavy atom. The van der Waals surface area contributed by atoms with E-state index >= 15 is 0 Å². The van der Waals surface area contributed by atoms with Gasteiger partial charge in [-0.05, 0) is 36.4 Å². The van der Waals surface area contributed by atoms with Crippen LogP contribution in [0.25, 0.3) is 11.7 Å². The number of carbonyl (C=O) groups is 1. The van der Waals surface area contributed by atoms with Crippen LogP contribution in [0.1, 0.15) is 16.1 Å². The molecule has 6 nitrogen and oxygen atoms in total. The molecule has 8 heteroatoms. The molecular weight excluding hydrogens is 353 g/mol. The second-order valence-corrected chi connectivity index (χ2v) is 5.60. The van der Waals surface area contributed by atoms with E-state index < -0.39 is 10.7 Å². The maximum Gasteiger partial charge on any atom is 0.288 e. The maximum absolute atomic E-state index is 12.2. The van der Waals surface area contributed by atoms with Gasteiger partial charge in [-0.15, -0.1) is 0 Å². The Kier molecular flexibility index (Phi) is 4.33. The van der Waals surface area contributed by atoms with Crippen molar-refractivity contribution in [2.75, 3.05) is 0 Å². The Balaban J connectivity index is 1.94. The van der Waals surface area contributed by atoms with Gasteiger partial charge >= 0.3 is 0 Å². The number of rotatable bonds is 4. The third-order valence-electron chi connectivity index (χ3n) is 3.34. The Morgan fingerprint density at radius 3 is 2.79 bits per heavy atom. The van der Waals surface area contributed by atoms with E-state index in [0.717, 1.165) is 6.07 Å². The van der Waals surface area contributed by atoms with Crippen LogP contribution in [0.2, 0.25) is 10.2 Å². The molecule has 2 aromatic heterocycles. The van der Waals surface area contributed by atoms with Crippen molar-refractivity contribution < 1.29 is 9.72 Å². The van der Waals surface area contributed by atoms with Gasteiger partial charge < -0.3 is 0 Å². The van der Waals surface area contributed by atoms with E-state index in [0.29, 0.717) is 11.3 Å². The average Bonchev–Trinajstić information content (AvgIpc) is 2.88. The lowest BCUT2D eigenvalue weighted by Gasteiger charge is -1.99. The number of carbonyl (C=O) groups excluding carboxylic acids is 1. The topological polar surface area (TPSA) is 77.5 Å². The highest BCUT2D eigenvalue weighted by atomic mass is 35.5. The molecule has 3 aromatic rings. The predicted molar refractivity (Wildman–Crippen MR) is 91.7 cm³/mol. The quantitative estimate of drug-likeness (QED) is 0.297. The zero-order valence-corrected chi connectivity index (χ0v) is 13.5. The highest BCUT2D eigenvalue weighted by Gasteiger charge is 2.15. The smallest absolute Gasteiger partial charge is 0.288 e. The molecule has 0 unspecified atom stereocenters. The SMILES string of the molecule is O=C(/C=C/c1c(Cl)nc2ccccn12)c1ccc(Cl)c([N+](=O)[O-])c1. The van der Waals surface area contributed by atoms with Crippen molar-refractivity contribution in [1.29, 1.82) is 0 Å². The average molecular weight is 362 g/mol. The number of imidazole rings is 1. The normalized spacial score (nSPS) is 11.2. The van der Waals surface area contributed by atoms with Crippen LogP contribution in [0.15, 0.2) is 48.7 Å². The number of nitrogens with zero attached hydrogens (tertiary/aromatic N) is 3. The van der Waals surface area contributed by atoms with Crippen LogP contribution in [-0.2, 0) is 0 Å². The lowest BCUT2D eigenvalue weighted by Crippen LogP contribution is -1.97. The lowest BCUT2D eigenvalue weighted by atomic mass is 10.1. The van der Waals surface area contributed by atoms with E-state index in [-0.39, 0.29) is 21.4 Å². The number of nitro benzene ring substituents is 1. The monoisotopic (exact) mass is 361 g/mol. The molecule has 0 aliphatic heterocycles. The first-order valence-electron chi connectivity index (χ1n) is 6.76. The van der Waals surface area contributed by atoms with Crippen molar-refractivity contribution in [2.24, 2.45) is 0 Å².